The molecule has 2 N–H and O–H groups in total. The largest absolute Gasteiger partial charge is 0.439 e. The predicted molar refractivity (Wildman–Crippen MR) is 130 cm³/mol. The molecule has 4 atom stereocenters. The molecular weight excluding hydrogens is 521 g/mol. The lowest BCUT2D eigenvalue weighted by Crippen LogP contribution is -2.43. The van der Waals surface area contributed by atoms with E-state index in [0.717, 1.165) is 12.0 Å². The number of likely N-dealkylation sites (tertiary alicyclic amines) is 1. The maximum atomic E-state index is 12.7. The number of rotatable bonds is 6. The first-order valence-corrected chi connectivity index (χ1v) is 10.6. The minimum absolute atomic E-state index is 0. The predicted octanol–water partition coefficient (Wildman–Crippen LogP) is 2.43. The Bertz CT molecular complexity index is 1020. The molecule has 3 aliphatic rings. The van der Waals surface area contributed by atoms with E-state index in [2.05, 4.69) is 32.8 Å². The van der Waals surface area contributed by atoms with Gasteiger partial charge in [0.15, 0.2) is 11.7 Å². The van der Waals surface area contributed by atoms with Crippen molar-refractivity contribution in [2.75, 3.05) is 20.1 Å². The average molecular weight is 547 g/mol. The summed E-state index contributed by atoms with van der Waals surface area (Å²) in [5.74, 6) is 1.94. The van der Waals surface area contributed by atoms with Gasteiger partial charge in [-0.1, -0.05) is 42.5 Å². The molecule has 168 valence electrons. The van der Waals surface area contributed by atoms with Gasteiger partial charge in [0, 0.05) is 25.7 Å². The number of allylic oxidation sites excluding steroid dienone is 2. The Balaban J connectivity index is 0.00000245. The van der Waals surface area contributed by atoms with Crippen LogP contribution in [-0.2, 0) is 16.1 Å². The molecule has 0 radical (unpaired) electrons. The van der Waals surface area contributed by atoms with Crippen LogP contribution in [0.1, 0.15) is 12.3 Å². The van der Waals surface area contributed by atoms with Crippen molar-refractivity contribution in [3.63, 3.8) is 0 Å². The van der Waals surface area contributed by atoms with Crippen LogP contribution in [0.3, 0.4) is 0 Å². The van der Waals surface area contributed by atoms with E-state index < -0.39 is 0 Å². The number of oxazole rings is 1. The Morgan fingerprint density at radius 2 is 1.81 bits per heavy atom. The number of amides is 2. The molecule has 2 amide bonds. The molecule has 9 heteroatoms. The summed E-state index contributed by atoms with van der Waals surface area (Å²) in [6.45, 7) is 1.13. The van der Waals surface area contributed by atoms with E-state index in [9.17, 15) is 9.59 Å². The van der Waals surface area contributed by atoms with Crippen LogP contribution in [0.25, 0.3) is 11.3 Å². The quantitative estimate of drug-likeness (QED) is 0.190. The maximum Gasteiger partial charge on any atom is 0.233 e. The van der Waals surface area contributed by atoms with Gasteiger partial charge in [0.05, 0.1) is 24.6 Å². The van der Waals surface area contributed by atoms with Gasteiger partial charge in [0.2, 0.25) is 17.7 Å². The molecule has 2 fully saturated rings. The van der Waals surface area contributed by atoms with E-state index in [0.29, 0.717) is 37.2 Å². The Morgan fingerprint density at radius 3 is 2.47 bits per heavy atom. The van der Waals surface area contributed by atoms with Gasteiger partial charge < -0.3 is 15.1 Å². The SMILES string of the molecule is CN=C(NCCN1C(=O)C2C3C=CC(C3)C2C1=O)NCc1ncc(-c2ccccc2)o1.I. The number of carbonyl (C=O) groups excluding carboxylic acids is 2. The molecule has 1 aromatic carbocycles. The number of guanidine groups is 1. The second-order valence-electron chi connectivity index (χ2n) is 8.16. The molecule has 0 spiro atoms. The van der Waals surface area contributed by atoms with Crippen molar-refractivity contribution >= 4 is 41.8 Å². The van der Waals surface area contributed by atoms with Crippen molar-refractivity contribution in [3.8, 4) is 11.3 Å². The number of aliphatic imine (C=N–C) groups is 1. The third kappa shape index (κ3) is 4.05. The lowest BCUT2D eigenvalue weighted by atomic mass is 9.85. The van der Waals surface area contributed by atoms with Crippen molar-refractivity contribution in [1.29, 1.82) is 0 Å². The van der Waals surface area contributed by atoms with Crippen LogP contribution >= 0.6 is 24.0 Å². The Morgan fingerprint density at radius 1 is 1.12 bits per heavy atom. The van der Waals surface area contributed by atoms with Crippen LogP contribution in [0.2, 0.25) is 0 Å². The van der Waals surface area contributed by atoms with Crippen molar-refractivity contribution in [3.05, 3.63) is 54.6 Å². The summed E-state index contributed by atoms with van der Waals surface area (Å²) in [5, 5.41) is 6.30. The summed E-state index contributed by atoms with van der Waals surface area (Å²) in [4.78, 5) is 35.4. The van der Waals surface area contributed by atoms with E-state index in [1.807, 2.05) is 30.3 Å². The number of fused-ring (bicyclic) bond motifs is 5. The molecule has 32 heavy (non-hydrogen) atoms. The molecule has 2 aliphatic carbocycles. The fourth-order valence-corrected chi connectivity index (χ4v) is 4.98. The van der Waals surface area contributed by atoms with Crippen LogP contribution in [0.15, 0.2) is 58.1 Å². The second kappa shape index (κ2) is 9.43. The van der Waals surface area contributed by atoms with Gasteiger partial charge in [0.25, 0.3) is 0 Å². The number of hydrogen-bond acceptors (Lipinski definition) is 5. The fraction of sp³-hybridized carbons (Fsp3) is 0.391. The Hall–Kier alpha value is -2.69. The maximum absolute atomic E-state index is 12.7. The zero-order valence-electron chi connectivity index (χ0n) is 17.7. The molecule has 1 aromatic heterocycles. The third-order valence-electron chi connectivity index (χ3n) is 6.43. The molecule has 2 aromatic rings. The van der Waals surface area contributed by atoms with Crippen molar-refractivity contribution in [1.82, 2.24) is 20.5 Å². The number of carbonyl (C=O) groups is 2. The van der Waals surface area contributed by atoms with E-state index in [1.165, 1.54) is 4.90 Å². The van der Waals surface area contributed by atoms with Crippen molar-refractivity contribution in [2.45, 2.75) is 13.0 Å². The third-order valence-corrected chi connectivity index (χ3v) is 6.43. The number of halogens is 1. The molecule has 1 aliphatic heterocycles. The van der Waals surface area contributed by atoms with E-state index in [-0.39, 0.29) is 59.5 Å². The molecule has 1 saturated heterocycles. The standard InChI is InChI=1S/C23H25N5O3.HI/c1-24-23(27-13-18-26-12-17(31-18)14-5-3-2-4-6-14)25-9-10-28-21(29)19-15-7-8-16(11-15)20(19)22(28)30;/h2-8,12,15-16,19-20H,9-11,13H2,1H3,(H2,24,25,27);1H. The minimum atomic E-state index is -0.149. The lowest BCUT2D eigenvalue weighted by molar-refractivity contribution is -0.140. The Kier molecular flexibility index (Phi) is 6.63. The van der Waals surface area contributed by atoms with Crippen molar-refractivity contribution in [2.24, 2.45) is 28.7 Å². The van der Waals surface area contributed by atoms with Crippen molar-refractivity contribution < 1.29 is 14.0 Å². The second-order valence-corrected chi connectivity index (χ2v) is 8.16. The van der Waals surface area contributed by atoms with Crippen LogP contribution in [-0.4, -0.2) is 47.8 Å². The molecule has 8 nitrogen and oxygen atoms in total. The Labute approximate surface area is 203 Å². The van der Waals surface area contributed by atoms with E-state index in [4.69, 9.17) is 4.42 Å². The minimum Gasteiger partial charge on any atom is -0.439 e. The molecule has 2 bridgehead atoms. The van der Waals surface area contributed by atoms with Gasteiger partial charge >= 0.3 is 0 Å². The van der Waals surface area contributed by atoms with E-state index in [1.54, 1.807) is 13.2 Å². The number of nitrogens with zero attached hydrogens (tertiary/aromatic N) is 3. The summed E-state index contributed by atoms with van der Waals surface area (Å²) in [7, 11) is 1.67. The highest BCUT2D eigenvalue weighted by Gasteiger charge is 2.58. The lowest BCUT2D eigenvalue weighted by Gasteiger charge is -2.18. The van der Waals surface area contributed by atoms with Crippen LogP contribution in [0.5, 0.6) is 0 Å². The highest BCUT2D eigenvalue weighted by molar-refractivity contribution is 14.0. The molecule has 4 unspecified atom stereocenters. The zero-order chi connectivity index (χ0) is 21.4. The van der Waals surface area contributed by atoms with Gasteiger partial charge in [0.1, 0.15) is 0 Å². The molecule has 5 rings (SSSR count). The zero-order valence-corrected chi connectivity index (χ0v) is 20.1. The summed E-state index contributed by atoms with van der Waals surface area (Å²) in [6.07, 6.45) is 6.86. The molecule has 2 heterocycles. The highest BCUT2D eigenvalue weighted by atomic mass is 127. The number of benzene rings is 1. The van der Waals surface area contributed by atoms with Crippen LogP contribution in [0.4, 0.5) is 0 Å². The summed E-state index contributed by atoms with van der Waals surface area (Å²) in [5.41, 5.74) is 0.970. The summed E-state index contributed by atoms with van der Waals surface area (Å²) >= 11 is 0. The van der Waals surface area contributed by atoms with Gasteiger partial charge in [-0.05, 0) is 18.3 Å². The van der Waals surface area contributed by atoms with Gasteiger partial charge in [-0.15, -0.1) is 24.0 Å². The number of aromatic nitrogens is 1. The number of imide groups is 1. The van der Waals surface area contributed by atoms with Gasteiger partial charge in [-0.2, -0.15) is 0 Å². The molecular formula is C23H26IN5O3. The van der Waals surface area contributed by atoms with Crippen LogP contribution in [0, 0.1) is 23.7 Å². The normalized spacial score (nSPS) is 25.8. The first-order valence-electron chi connectivity index (χ1n) is 10.6. The number of hydrogen-bond donors (Lipinski definition) is 2. The van der Waals surface area contributed by atoms with Gasteiger partial charge in [-0.3, -0.25) is 19.5 Å². The first-order chi connectivity index (χ1) is 15.2. The topological polar surface area (TPSA) is 99.8 Å². The monoisotopic (exact) mass is 547 g/mol. The highest BCUT2D eigenvalue weighted by Crippen LogP contribution is 2.52. The summed E-state index contributed by atoms with van der Waals surface area (Å²) in [6, 6.07) is 9.79. The van der Waals surface area contributed by atoms with Crippen LogP contribution < -0.4 is 10.6 Å². The first kappa shape index (κ1) is 22.5. The van der Waals surface area contributed by atoms with Gasteiger partial charge in [-0.25, -0.2) is 4.98 Å². The summed E-state index contributed by atoms with van der Waals surface area (Å²) < 4.78 is 5.79. The smallest absolute Gasteiger partial charge is 0.233 e. The van der Waals surface area contributed by atoms with E-state index >= 15 is 0 Å². The molecule has 1 saturated carbocycles. The fourth-order valence-electron chi connectivity index (χ4n) is 4.98. The number of nitrogens with one attached hydrogen (secondary N) is 2. The average Bonchev–Trinajstić information content (AvgIpc) is 3.57.